The van der Waals surface area contributed by atoms with Crippen molar-refractivity contribution in [3.8, 4) is 0 Å². The van der Waals surface area contributed by atoms with Crippen molar-refractivity contribution < 1.29 is 0 Å². The van der Waals surface area contributed by atoms with Crippen LogP contribution in [0, 0.1) is 5.92 Å². The molecule has 114 valence electrons. The average Bonchev–Trinajstić information content (AvgIpc) is 2.45. The van der Waals surface area contributed by atoms with E-state index in [0.29, 0.717) is 17.9 Å². The van der Waals surface area contributed by atoms with Crippen molar-refractivity contribution in [3.63, 3.8) is 0 Å². The molecule has 2 heteroatoms. The number of nitrogens with two attached hydrogens (primary N) is 1. The van der Waals surface area contributed by atoms with E-state index in [2.05, 4.69) is 57.4 Å². The first-order chi connectivity index (χ1) is 9.62. The van der Waals surface area contributed by atoms with Gasteiger partial charge in [0.25, 0.3) is 0 Å². The van der Waals surface area contributed by atoms with Gasteiger partial charge in [-0.2, -0.15) is 0 Å². The molecule has 1 atom stereocenters. The van der Waals surface area contributed by atoms with Crippen molar-refractivity contribution in [2.45, 2.75) is 71.8 Å². The summed E-state index contributed by atoms with van der Waals surface area (Å²) < 4.78 is 0. The van der Waals surface area contributed by atoms with Crippen LogP contribution in [0.3, 0.4) is 0 Å². The number of hydrogen-bond acceptors (Lipinski definition) is 2. The summed E-state index contributed by atoms with van der Waals surface area (Å²) in [4.78, 5) is 0. The molecule has 1 aromatic carbocycles. The van der Waals surface area contributed by atoms with E-state index in [9.17, 15) is 0 Å². The third kappa shape index (κ3) is 5.26. The van der Waals surface area contributed by atoms with E-state index in [-0.39, 0.29) is 0 Å². The van der Waals surface area contributed by atoms with Crippen LogP contribution < -0.4 is 11.3 Å². The van der Waals surface area contributed by atoms with Gasteiger partial charge in [0.2, 0.25) is 0 Å². The van der Waals surface area contributed by atoms with Crippen molar-refractivity contribution in [1.29, 1.82) is 0 Å². The third-order valence-electron chi connectivity index (χ3n) is 4.20. The van der Waals surface area contributed by atoms with Crippen LogP contribution in [-0.4, -0.2) is 6.04 Å². The fraction of sp³-hybridized carbons (Fsp3) is 0.667. The summed E-state index contributed by atoms with van der Waals surface area (Å²) in [5, 5.41) is 0. The molecule has 0 aliphatic heterocycles. The molecule has 0 saturated carbocycles. The zero-order valence-corrected chi connectivity index (χ0v) is 13.7. The van der Waals surface area contributed by atoms with E-state index in [1.54, 1.807) is 0 Å². The number of nitrogens with one attached hydrogen (secondary N) is 1. The second kappa shape index (κ2) is 9.15. The zero-order chi connectivity index (χ0) is 15.0. The lowest BCUT2D eigenvalue weighted by Crippen LogP contribution is -2.42. The molecular weight excluding hydrogens is 244 g/mol. The summed E-state index contributed by atoms with van der Waals surface area (Å²) in [5.41, 5.74) is 5.85. The maximum Gasteiger partial charge on any atom is 0.0279 e. The van der Waals surface area contributed by atoms with Crippen LogP contribution in [0.2, 0.25) is 0 Å². The minimum atomic E-state index is 0.389. The zero-order valence-electron chi connectivity index (χ0n) is 13.7. The van der Waals surface area contributed by atoms with Crippen molar-refractivity contribution in [2.24, 2.45) is 11.8 Å². The van der Waals surface area contributed by atoms with Gasteiger partial charge in [0, 0.05) is 6.04 Å². The number of rotatable bonds is 9. The van der Waals surface area contributed by atoms with E-state index in [1.165, 1.54) is 36.8 Å². The number of benzene rings is 1. The van der Waals surface area contributed by atoms with E-state index in [0.717, 1.165) is 6.42 Å². The van der Waals surface area contributed by atoms with Crippen molar-refractivity contribution in [1.82, 2.24) is 5.43 Å². The molecule has 0 bridgehead atoms. The molecule has 0 radical (unpaired) electrons. The summed E-state index contributed by atoms with van der Waals surface area (Å²) in [6.45, 7) is 8.98. The van der Waals surface area contributed by atoms with Crippen LogP contribution in [0.4, 0.5) is 0 Å². The lowest BCUT2D eigenvalue weighted by atomic mass is 9.86. The predicted molar refractivity (Wildman–Crippen MR) is 88.7 cm³/mol. The standard InChI is InChI=1S/C18H32N2/c1-5-7-17(8-6-2)18(20-19)13-15-9-11-16(12-10-15)14(3)4/h9-12,14,17-18,20H,5-8,13,19H2,1-4H3. The maximum absolute atomic E-state index is 5.81. The molecule has 1 aromatic rings. The summed E-state index contributed by atoms with van der Waals surface area (Å²) in [6, 6.07) is 9.41. The van der Waals surface area contributed by atoms with Crippen LogP contribution in [0.15, 0.2) is 24.3 Å². The van der Waals surface area contributed by atoms with E-state index in [4.69, 9.17) is 5.84 Å². The molecule has 1 unspecified atom stereocenters. The van der Waals surface area contributed by atoms with E-state index >= 15 is 0 Å². The smallest absolute Gasteiger partial charge is 0.0279 e. The molecule has 2 nitrogen and oxygen atoms in total. The normalized spacial score (nSPS) is 13.2. The van der Waals surface area contributed by atoms with Gasteiger partial charge in [-0.25, -0.2) is 0 Å². The quantitative estimate of drug-likeness (QED) is 0.518. The summed E-state index contributed by atoms with van der Waals surface area (Å²) in [6.07, 6.45) is 6.00. The average molecular weight is 276 g/mol. The highest BCUT2D eigenvalue weighted by molar-refractivity contribution is 5.25. The van der Waals surface area contributed by atoms with Gasteiger partial charge in [-0.05, 0) is 42.2 Å². The number of hydrogen-bond donors (Lipinski definition) is 2. The largest absolute Gasteiger partial charge is 0.271 e. The van der Waals surface area contributed by atoms with Gasteiger partial charge < -0.3 is 0 Å². The molecule has 0 amide bonds. The van der Waals surface area contributed by atoms with Crippen LogP contribution in [0.5, 0.6) is 0 Å². The van der Waals surface area contributed by atoms with Crippen LogP contribution in [0.25, 0.3) is 0 Å². The molecule has 0 spiro atoms. The molecular formula is C18H32N2. The Balaban J connectivity index is 2.70. The highest BCUT2D eigenvalue weighted by Crippen LogP contribution is 2.22. The van der Waals surface area contributed by atoms with Crippen molar-refractivity contribution in [2.75, 3.05) is 0 Å². The Hall–Kier alpha value is -0.860. The Morgan fingerprint density at radius 3 is 1.95 bits per heavy atom. The van der Waals surface area contributed by atoms with E-state index < -0.39 is 0 Å². The minimum absolute atomic E-state index is 0.389. The van der Waals surface area contributed by atoms with Gasteiger partial charge >= 0.3 is 0 Å². The molecule has 0 aliphatic carbocycles. The van der Waals surface area contributed by atoms with Gasteiger partial charge in [0.05, 0.1) is 0 Å². The molecule has 20 heavy (non-hydrogen) atoms. The lowest BCUT2D eigenvalue weighted by molar-refractivity contribution is 0.311. The van der Waals surface area contributed by atoms with Crippen LogP contribution >= 0.6 is 0 Å². The monoisotopic (exact) mass is 276 g/mol. The molecule has 0 fully saturated rings. The van der Waals surface area contributed by atoms with Crippen molar-refractivity contribution >= 4 is 0 Å². The predicted octanol–water partition coefficient (Wildman–Crippen LogP) is 4.40. The molecule has 0 aliphatic rings. The first kappa shape index (κ1) is 17.2. The summed E-state index contributed by atoms with van der Waals surface area (Å²) in [7, 11) is 0. The first-order valence-corrected chi connectivity index (χ1v) is 8.17. The fourth-order valence-corrected chi connectivity index (χ4v) is 2.94. The number of hydrazine groups is 1. The summed E-state index contributed by atoms with van der Waals surface area (Å²) in [5.74, 6) is 7.09. The molecule has 0 aromatic heterocycles. The van der Waals surface area contributed by atoms with Crippen LogP contribution in [0.1, 0.15) is 70.4 Å². The van der Waals surface area contributed by atoms with Crippen LogP contribution in [-0.2, 0) is 6.42 Å². The Morgan fingerprint density at radius 1 is 1.00 bits per heavy atom. The minimum Gasteiger partial charge on any atom is -0.271 e. The fourth-order valence-electron chi connectivity index (χ4n) is 2.94. The topological polar surface area (TPSA) is 38.0 Å². The second-order valence-corrected chi connectivity index (χ2v) is 6.21. The van der Waals surface area contributed by atoms with Gasteiger partial charge in [-0.3, -0.25) is 11.3 Å². The summed E-state index contributed by atoms with van der Waals surface area (Å²) >= 11 is 0. The van der Waals surface area contributed by atoms with Gasteiger partial charge in [-0.15, -0.1) is 0 Å². The molecule has 3 N–H and O–H groups in total. The van der Waals surface area contributed by atoms with Crippen molar-refractivity contribution in [3.05, 3.63) is 35.4 Å². The maximum atomic E-state index is 5.81. The second-order valence-electron chi connectivity index (χ2n) is 6.21. The first-order valence-electron chi connectivity index (χ1n) is 8.17. The Kier molecular flexibility index (Phi) is 7.86. The Morgan fingerprint density at radius 2 is 1.55 bits per heavy atom. The van der Waals surface area contributed by atoms with Gasteiger partial charge in [0.1, 0.15) is 0 Å². The highest BCUT2D eigenvalue weighted by atomic mass is 15.2. The lowest BCUT2D eigenvalue weighted by Gasteiger charge is -2.26. The Labute approximate surface area is 125 Å². The third-order valence-corrected chi connectivity index (χ3v) is 4.20. The molecule has 0 heterocycles. The molecule has 1 rings (SSSR count). The molecule has 0 saturated heterocycles. The van der Waals surface area contributed by atoms with Gasteiger partial charge in [0.15, 0.2) is 0 Å². The highest BCUT2D eigenvalue weighted by Gasteiger charge is 2.19. The SMILES string of the molecule is CCCC(CCC)C(Cc1ccc(C(C)C)cc1)NN. The van der Waals surface area contributed by atoms with Gasteiger partial charge in [-0.1, -0.05) is 64.8 Å². The van der Waals surface area contributed by atoms with E-state index in [1.807, 2.05) is 0 Å². The Bertz CT molecular complexity index is 350.